The fourth-order valence-corrected chi connectivity index (χ4v) is 24.8. The number of carbonyl (C=O) groups excluding carboxylic acids is 2. The van der Waals surface area contributed by atoms with Crippen LogP contribution in [0.2, 0.25) is 13.3 Å². The molecule has 0 unspecified atom stereocenters. The minimum atomic E-state index is -2.20. The molecule has 0 aliphatic carbocycles. The van der Waals surface area contributed by atoms with Gasteiger partial charge < -0.3 is 5.92 Å². The molecular weight excluding hydrogens is 1220 g/mol. The van der Waals surface area contributed by atoms with Crippen molar-refractivity contribution in [3.8, 4) is 0 Å². The minimum absolute atomic E-state index is 0. The Morgan fingerprint density at radius 3 is 1.49 bits per heavy atom. The van der Waals surface area contributed by atoms with E-state index in [1.165, 1.54) is 57.8 Å². The summed E-state index contributed by atoms with van der Waals surface area (Å²) in [5.74, 6) is 1.52. The number of rotatable bonds is 10. The predicted octanol–water partition coefficient (Wildman–Crippen LogP) is 12.0. The van der Waals surface area contributed by atoms with E-state index >= 15 is 0 Å². The molecule has 3 aromatic heterocycles. The van der Waals surface area contributed by atoms with Gasteiger partial charge in [0, 0.05) is 57.2 Å². The summed E-state index contributed by atoms with van der Waals surface area (Å²) in [6, 6.07) is 0. The molecule has 0 radical (unpaired) electrons. The molecule has 7 nitrogen and oxygen atoms in total. The zero-order chi connectivity index (χ0) is 37.2. The van der Waals surface area contributed by atoms with Crippen LogP contribution in [0.3, 0.4) is 0 Å². The van der Waals surface area contributed by atoms with Crippen molar-refractivity contribution in [1.29, 1.82) is 0 Å². The molecule has 0 saturated carbocycles. The number of nitrogens with one attached hydrogen (secondary N) is 1. The van der Waals surface area contributed by atoms with Gasteiger partial charge in [0.1, 0.15) is 9.21 Å². The molecule has 1 saturated heterocycles. The average Bonchev–Trinajstić information content (AvgIpc) is 3.80. The van der Waals surface area contributed by atoms with Gasteiger partial charge in [-0.15, -0.1) is 22.7 Å². The molecule has 2 amide bonds. The molecule has 1 aliphatic heterocycles. The number of thiazole rings is 3. The maximum atomic E-state index is 10.1. The fourth-order valence-electron chi connectivity index (χ4n) is 3.67. The van der Waals surface area contributed by atoms with Gasteiger partial charge in [0.2, 0.25) is 5.91 Å². The van der Waals surface area contributed by atoms with Gasteiger partial charge >= 0.3 is 141 Å². The van der Waals surface area contributed by atoms with E-state index in [-0.39, 0.29) is 30.0 Å². The third-order valence-electron chi connectivity index (χ3n) is 5.62. The summed E-state index contributed by atoms with van der Waals surface area (Å²) in [6.07, 6.45) is 8.34. The van der Waals surface area contributed by atoms with Crippen molar-refractivity contribution in [3.05, 3.63) is 45.7 Å². The summed E-state index contributed by atoms with van der Waals surface area (Å²) in [5.41, 5.74) is 2.06. The molecule has 4 heterocycles. The van der Waals surface area contributed by atoms with Crippen LogP contribution in [0.1, 0.15) is 85.1 Å². The Morgan fingerprint density at radius 1 is 0.857 bits per heavy atom. The van der Waals surface area contributed by atoms with Crippen LogP contribution in [0.25, 0.3) is 0 Å². The number of hydrogen-bond donors (Lipinski definition) is 1. The molecule has 0 bridgehead atoms. The van der Waals surface area contributed by atoms with E-state index in [4.69, 9.17) is 4.98 Å². The zero-order valence-electron chi connectivity index (χ0n) is 29.3. The molecule has 1 aliphatic rings. The number of carbonyl (C=O) groups is 2. The first-order valence-electron chi connectivity index (χ1n) is 15.0. The molecule has 3 aromatic rings. The van der Waals surface area contributed by atoms with Crippen LogP contribution in [0.5, 0.6) is 0 Å². The molecule has 0 aromatic carbocycles. The number of amides is 2. The number of nitrogens with zero attached hydrogens (tertiary/aromatic N) is 3. The van der Waals surface area contributed by atoms with Gasteiger partial charge in [-0.3, -0.25) is 19.5 Å². The normalized spacial score (nSPS) is 11.9. The van der Waals surface area contributed by atoms with Crippen LogP contribution in [0.15, 0.2) is 34.8 Å². The van der Waals surface area contributed by atoms with Gasteiger partial charge in [-0.05, 0) is 54.7 Å². The van der Waals surface area contributed by atoms with Gasteiger partial charge in [0.05, 0.1) is 10.8 Å². The Morgan fingerprint density at radius 2 is 1.31 bits per heavy atom. The number of aryl methyl sites for hydroxylation is 1. The Balaban J connectivity index is -0.000000570. The van der Waals surface area contributed by atoms with Gasteiger partial charge in [0.25, 0.3) is 8.49 Å². The molecule has 1 fully saturated rings. The minimum Gasteiger partial charge on any atom is -0.323 e. The van der Waals surface area contributed by atoms with E-state index in [0.717, 1.165) is 29.9 Å². The van der Waals surface area contributed by atoms with E-state index in [0.29, 0.717) is 5.75 Å². The number of imide groups is 1. The quantitative estimate of drug-likeness (QED) is 0.123. The fraction of sp³-hybridized carbons (Fsp3) is 0.586. The summed E-state index contributed by atoms with van der Waals surface area (Å²) >= 11 is 21.8. The first-order valence-corrected chi connectivity index (χ1v) is 36.3. The second-order valence-electron chi connectivity index (χ2n) is 10.6. The summed E-state index contributed by atoms with van der Waals surface area (Å²) in [6.45, 7) is 15.2. The van der Waals surface area contributed by atoms with Gasteiger partial charge in [-0.25, -0.2) is 9.97 Å². The Labute approximate surface area is 376 Å². The Hall–Kier alpha value is 2.89. The third-order valence-corrected chi connectivity index (χ3v) is 26.2. The molecule has 49 heavy (non-hydrogen) atoms. The Kier molecular flexibility index (Phi) is 39.2. The molecule has 0 atom stereocenters. The van der Waals surface area contributed by atoms with Gasteiger partial charge in [-0.2, -0.15) is 20.8 Å². The summed E-state index contributed by atoms with van der Waals surface area (Å²) in [5, 5.41) is 9.25. The van der Waals surface area contributed by atoms with E-state index in [1.54, 1.807) is 26.4 Å². The first-order chi connectivity index (χ1) is 22.4. The van der Waals surface area contributed by atoms with Crippen molar-refractivity contribution >= 4 is 177 Å². The summed E-state index contributed by atoms with van der Waals surface area (Å²) in [7, 11) is 0. The second-order valence-corrected chi connectivity index (χ2v) is 48.5. The third kappa shape index (κ3) is 36.3. The maximum absolute atomic E-state index is 10.1. The monoisotopic (exact) mass is 1260 g/mol. The number of unbranched alkanes of at least 4 members (excludes halogenated alkanes) is 3. The Bertz CT molecular complexity index is 1190. The molecule has 4 rings (SSSR count). The standard InChI is InChI=1S/C4H4BrNS.4C4H9.C3HBr2NS.C3H3NO2S.C3H2NS.Br3OP.Li.Sn/c1-3-6-4(5)2-7-3;1-4(2)3;3*1-3-4-2;4-2-1-7-3(5)6-2;5-2-1-7-3(6)4-2;1-2-5-3-4-1;1-5(2,3)4;;/h2H,1H3;1-3H3;3*1,3-4H2,2H3;1H;1H2,(H,4,5,6);2-3H;;;/q;-1;;;;;;;;+1;. The maximum Gasteiger partial charge on any atom is 1.00 e. The number of aromatic nitrogens is 3. The molecule has 20 heteroatoms. The largest absolute Gasteiger partial charge is 1.00 e. The molecule has 276 valence electrons. The average molecular weight is 1260 g/mol. The smallest absolute Gasteiger partial charge is 0.323 e. The van der Waals surface area contributed by atoms with Crippen LogP contribution in [0, 0.1) is 12.8 Å². The van der Waals surface area contributed by atoms with Gasteiger partial charge in [0.15, 0.2) is 3.92 Å². The van der Waals surface area contributed by atoms with Crippen molar-refractivity contribution in [3.63, 3.8) is 0 Å². The number of hydrogen-bond acceptors (Lipinski definition) is 10. The summed E-state index contributed by atoms with van der Waals surface area (Å²) < 4.78 is 16.7. The number of halogens is 6. The summed E-state index contributed by atoms with van der Waals surface area (Å²) in [4.78, 5) is 33.0. The van der Waals surface area contributed by atoms with Crippen molar-refractivity contribution in [2.45, 2.75) is 100 Å². The van der Waals surface area contributed by atoms with E-state index in [2.05, 4.69) is 162 Å². The zero-order valence-corrected chi connectivity index (χ0v) is 45.8. The molecular formula is C29H46Br6LiN4O3PS4Sn. The van der Waals surface area contributed by atoms with E-state index in [9.17, 15) is 14.2 Å². The molecule has 1 N–H and O–H groups in total. The van der Waals surface area contributed by atoms with Crippen molar-refractivity contribution in [1.82, 2.24) is 20.3 Å². The first kappa shape index (κ1) is 56.2. The molecule has 0 spiro atoms. The SMILES string of the molecule is Brc1csc(Br)n1.CCC[CH2][Sn]([CH2]CCC)([CH2]CCC)[c]1cscn1.C[C-](C)C.Cc1nc(Br)cs1.O=C1CSC(=O)N1.O=P(Br)(Br)Br.[Li+]. The van der Waals surface area contributed by atoms with Crippen LogP contribution in [-0.4, -0.2) is 50.2 Å². The predicted molar refractivity (Wildman–Crippen MR) is 239 cm³/mol. The van der Waals surface area contributed by atoms with Crippen LogP contribution < -0.4 is 27.9 Å². The van der Waals surface area contributed by atoms with E-state index < -0.39 is 21.6 Å². The van der Waals surface area contributed by atoms with Crippen LogP contribution >= 0.6 is 143 Å². The van der Waals surface area contributed by atoms with Crippen molar-refractivity contribution in [2.24, 2.45) is 0 Å². The van der Waals surface area contributed by atoms with Gasteiger partial charge in [-0.1, -0.05) is 11.8 Å². The second kappa shape index (κ2) is 34.2. The topological polar surface area (TPSA) is 102 Å². The van der Waals surface area contributed by atoms with Crippen LogP contribution in [0.4, 0.5) is 4.79 Å². The van der Waals surface area contributed by atoms with Crippen LogP contribution in [-0.2, 0) is 9.36 Å². The number of thioether (sulfide) groups is 1. The van der Waals surface area contributed by atoms with Crippen molar-refractivity contribution < 1.29 is 33.0 Å². The van der Waals surface area contributed by atoms with Crippen molar-refractivity contribution in [2.75, 3.05) is 5.75 Å². The van der Waals surface area contributed by atoms with E-state index in [1.807, 2.05) is 29.0 Å².